The highest BCUT2D eigenvalue weighted by molar-refractivity contribution is 6.47. The monoisotopic (exact) mass is 872 g/mol. The molecule has 15 nitrogen and oxygen atoms in total. The van der Waals surface area contributed by atoms with E-state index in [1.807, 2.05) is 19.1 Å². The van der Waals surface area contributed by atoms with Crippen LogP contribution in [0, 0.1) is 17.3 Å². The third-order valence-corrected chi connectivity index (χ3v) is 14.2. The molecular formula is C47H70BN7O8. The molecule has 3 aliphatic carbocycles. The van der Waals surface area contributed by atoms with E-state index in [2.05, 4.69) is 83.9 Å². The van der Waals surface area contributed by atoms with Crippen LogP contribution in [0.4, 0.5) is 0 Å². The number of aliphatic hydroxyl groups excluding tert-OH is 1. The fourth-order valence-corrected chi connectivity index (χ4v) is 9.97. The van der Waals surface area contributed by atoms with Gasteiger partial charge in [0.2, 0.25) is 23.6 Å². The van der Waals surface area contributed by atoms with E-state index in [0.29, 0.717) is 49.8 Å². The molecule has 0 aromatic heterocycles. The number of nitrogens with one attached hydrogen (secondary N) is 6. The van der Waals surface area contributed by atoms with Gasteiger partial charge in [-0.05, 0) is 132 Å². The first-order chi connectivity index (χ1) is 29.9. The molecular weight excluding hydrogens is 801 g/mol. The second-order valence-corrected chi connectivity index (χ2v) is 19.2. The maximum absolute atomic E-state index is 13.7. The van der Waals surface area contributed by atoms with Crippen LogP contribution < -0.4 is 37.6 Å². The van der Waals surface area contributed by atoms with Crippen LogP contribution in [0.1, 0.15) is 116 Å². The van der Waals surface area contributed by atoms with Crippen LogP contribution >= 0.6 is 0 Å². The van der Waals surface area contributed by atoms with Crippen molar-refractivity contribution < 1.29 is 38.4 Å². The fourth-order valence-electron chi connectivity index (χ4n) is 9.97. The highest BCUT2D eigenvalue weighted by Gasteiger charge is 2.68. The summed E-state index contributed by atoms with van der Waals surface area (Å²) in [5, 5.41) is 27.6. The smallest absolute Gasteiger partial charge is 0.404 e. The minimum absolute atomic E-state index is 0.0449. The summed E-state index contributed by atoms with van der Waals surface area (Å²) in [6, 6.07) is 11.3. The summed E-state index contributed by atoms with van der Waals surface area (Å²) in [6.07, 6.45) is 5.84. The Kier molecular flexibility index (Phi) is 15.8. The first-order valence-electron chi connectivity index (χ1n) is 23.1. The number of amides is 5. The predicted molar refractivity (Wildman–Crippen MR) is 242 cm³/mol. The van der Waals surface area contributed by atoms with Crippen molar-refractivity contribution >= 4 is 36.7 Å². The number of nitrogens with two attached hydrogens (primary N) is 1. The number of aliphatic hydroxyl groups is 1. The lowest BCUT2D eigenvalue weighted by molar-refractivity contribution is -0.199. The van der Waals surface area contributed by atoms with Gasteiger partial charge >= 0.3 is 7.12 Å². The zero-order valence-electron chi connectivity index (χ0n) is 38.1. The van der Waals surface area contributed by atoms with Crippen molar-refractivity contribution in [3.05, 3.63) is 59.7 Å². The van der Waals surface area contributed by atoms with Gasteiger partial charge in [-0.25, -0.2) is 0 Å². The highest BCUT2D eigenvalue weighted by Crippen LogP contribution is 2.65. The van der Waals surface area contributed by atoms with Gasteiger partial charge in [-0.3, -0.25) is 24.0 Å². The van der Waals surface area contributed by atoms with Crippen LogP contribution in [-0.2, 0) is 34.9 Å². The molecule has 0 radical (unpaired) electrons. The van der Waals surface area contributed by atoms with Crippen molar-refractivity contribution in [1.82, 2.24) is 31.9 Å². The number of carbonyl (C=O) groups excluding carboxylic acids is 5. The van der Waals surface area contributed by atoms with Crippen LogP contribution in [0.25, 0.3) is 11.1 Å². The zero-order valence-corrected chi connectivity index (χ0v) is 38.1. The van der Waals surface area contributed by atoms with Crippen molar-refractivity contribution in [2.45, 2.75) is 160 Å². The molecule has 2 saturated heterocycles. The van der Waals surface area contributed by atoms with Crippen molar-refractivity contribution in [3.63, 3.8) is 0 Å². The molecule has 1 unspecified atom stereocenters. The molecule has 2 bridgehead atoms. The van der Waals surface area contributed by atoms with Gasteiger partial charge in [0, 0.05) is 18.2 Å². The molecule has 5 amide bonds. The van der Waals surface area contributed by atoms with E-state index < -0.39 is 72.6 Å². The number of unbranched alkanes of at least 4 members (excludes halogenated alkanes) is 2. The number of hydrogen-bond acceptors (Lipinski definition) is 10. The van der Waals surface area contributed by atoms with Crippen molar-refractivity contribution in [2.75, 3.05) is 13.1 Å². The molecule has 9 N–H and O–H groups in total. The lowest BCUT2D eigenvalue weighted by Gasteiger charge is -2.64. The van der Waals surface area contributed by atoms with Gasteiger partial charge < -0.3 is 52.0 Å². The first-order valence-corrected chi connectivity index (χ1v) is 23.1. The van der Waals surface area contributed by atoms with Crippen LogP contribution in [0.5, 0.6) is 0 Å². The standard InChI is InChI=1S/C47H70BN7O8/c1-8-9-12-30-14-16-31(17-15-30)32-18-20-33(21-19-32)42(58)53-35-25-37(50-26-35)44(60)55-40(28(3)56)45(61)51-27(2)41(57)54-36(13-10-11-22-49)43(59)52-29(4)48-62-39-24-34-23-38(46(34,5)6)47(39,7)63-48/h14-21,27-29,34-40,50,56H,8-13,22-26,49H2,1-7H3,(H,51,61)(H,52,59)(H,53,58)(H,54,57)(H,55,60)/t27-,28+,29-,34-,35-,36-,37-,38-,39?,40-,47-/m0/s1. The van der Waals surface area contributed by atoms with Gasteiger partial charge in [0.05, 0.1) is 29.8 Å². The van der Waals surface area contributed by atoms with E-state index in [1.165, 1.54) is 19.4 Å². The van der Waals surface area contributed by atoms with Crippen molar-refractivity contribution in [3.8, 4) is 11.1 Å². The average molecular weight is 872 g/mol. The Morgan fingerprint density at radius 3 is 2.17 bits per heavy atom. The Morgan fingerprint density at radius 2 is 1.54 bits per heavy atom. The van der Waals surface area contributed by atoms with E-state index in [0.717, 1.165) is 43.2 Å². The number of rotatable bonds is 20. The largest absolute Gasteiger partial charge is 0.481 e. The topological polar surface area (TPSA) is 222 Å². The summed E-state index contributed by atoms with van der Waals surface area (Å²) >= 11 is 0. The summed E-state index contributed by atoms with van der Waals surface area (Å²) in [7, 11) is -0.637. The maximum Gasteiger partial charge on any atom is 0.481 e. The van der Waals surface area contributed by atoms with Gasteiger partial charge in [0.1, 0.15) is 18.1 Å². The molecule has 2 aromatic rings. The maximum atomic E-state index is 13.7. The molecule has 63 heavy (non-hydrogen) atoms. The van der Waals surface area contributed by atoms with Gasteiger partial charge in [-0.15, -0.1) is 0 Å². The predicted octanol–water partition coefficient (Wildman–Crippen LogP) is 2.91. The lowest BCUT2D eigenvalue weighted by atomic mass is 9.43. The number of aryl methyl sites for hydroxylation is 1. The molecule has 344 valence electrons. The normalized spacial score (nSPS) is 26.8. The molecule has 2 heterocycles. The first kappa shape index (κ1) is 48.1. The minimum Gasteiger partial charge on any atom is -0.404 e. The highest BCUT2D eigenvalue weighted by atomic mass is 16.7. The molecule has 16 heteroatoms. The summed E-state index contributed by atoms with van der Waals surface area (Å²) in [4.78, 5) is 67.1. The summed E-state index contributed by atoms with van der Waals surface area (Å²) in [6.45, 7) is 14.3. The molecule has 3 saturated carbocycles. The van der Waals surface area contributed by atoms with Crippen LogP contribution in [0.2, 0.25) is 0 Å². The zero-order chi connectivity index (χ0) is 45.6. The molecule has 0 spiro atoms. The number of hydrogen-bond donors (Lipinski definition) is 8. The summed E-state index contributed by atoms with van der Waals surface area (Å²) in [5.41, 5.74) is 9.35. The molecule has 5 aliphatic rings. The Morgan fingerprint density at radius 1 is 0.857 bits per heavy atom. The Bertz CT molecular complexity index is 1930. The van der Waals surface area contributed by atoms with E-state index >= 15 is 0 Å². The van der Waals surface area contributed by atoms with Crippen LogP contribution in [0.15, 0.2) is 48.5 Å². The van der Waals surface area contributed by atoms with E-state index in [-0.39, 0.29) is 29.9 Å². The van der Waals surface area contributed by atoms with Crippen molar-refractivity contribution in [2.24, 2.45) is 23.0 Å². The van der Waals surface area contributed by atoms with Crippen LogP contribution in [0.3, 0.4) is 0 Å². The Hall–Kier alpha value is -4.35. The van der Waals surface area contributed by atoms with Gasteiger partial charge in [-0.1, -0.05) is 63.6 Å². The SMILES string of the molecule is CCCCc1ccc(-c2ccc(C(=O)N[C@@H]3CN[C@H](C(=O)N[C@H](C(=O)N[C@@H](C)C(=O)N[C@@H](CCCCN)C(=O)N[C@@H](C)B4OC5C[C@@H]6C[C@@H](C6(C)C)[C@]5(C)O4)[C@@H](C)O)C3)cc2)cc1. The van der Waals surface area contributed by atoms with Gasteiger partial charge in [-0.2, -0.15) is 0 Å². The van der Waals surface area contributed by atoms with Gasteiger partial charge in [0.15, 0.2) is 0 Å². The number of benzene rings is 2. The Labute approximate surface area is 373 Å². The Balaban J connectivity index is 0.965. The molecule has 5 fully saturated rings. The third kappa shape index (κ3) is 11.1. The van der Waals surface area contributed by atoms with E-state index in [4.69, 9.17) is 15.0 Å². The van der Waals surface area contributed by atoms with E-state index in [1.54, 1.807) is 12.1 Å². The van der Waals surface area contributed by atoms with Crippen molar-refractivity contribution in [1.29, 1.82) is 0 Å². The third-order valence-electron chi connectivity index (χ3n) is 14.2. The molecule has 2 aromatic carbocycles. The lowest BCUT2D eigenvalue weighted by Crippen LogP contribution is -2.65. The van der Waals surface area contributed by atoms with Gasteiger partial charge in [0.25, 0.3) is 5.91 Å². The fraction of sp³-hybridized carbons (Fsp3) is 0.638. The summed E-state index contributed by atoms with van der Waals surface area (Å²) in [5.74, 6) is -2.14. The summed E-state index contributed by atoms with van der Waals surface area (Å²) < 4.78 is 12.9. The molecule has 7 rings (SSSR count). The van der Waals surface area contributed by atoms with E-state index in [9.17, 15) is 29.1 Å². The average Bonchev–Trinajstić information content (AvgIpc) is 3.88. The molecule has 11 atom stereocenters. The minimum atomic E-state index is -1.38. The second kappa shape index (κ2) is 20.7. The quantitative estimate of drug-likeness (QED) is 0.0718. The molecule has 2 aliphatic heterocycles. The second-order valence-electron chi connectivity index (χ2n) is 19.2. The number of carbonyl (C=O) groups is 5. The van der Waals surface area contributed by atoms with Crippen LogP contribution in [-0.4, -0.2) is 109 Å².